The van der Waals surface area contributed by atoms with E-state index >= 15 is 0 Å². The third kappa shape index (κ3) is 2.93. The second kappa shape index (κ2) is 5.06. The minimum absolute atomic E-state index is 0.400. The summed E-state index contributed by atoms with van der Waals surface area (Å²) in [4.78, 5) is 14.9. The van der Waals surface area contributed by atoms with Gasteiger partial charge in [-0.2, -0.15) is 0 Å². The lowest BCUT2D eigenvalue weighted by molar-refractivity contribution is 0.161. The molecule has 5 heteroatoms. The molecule has 0 bridgehead atoms. The summed E-state index contributed by atoms with van der Waals surface area (Å²) in [7, 11) is 0. The van der Waals surface area contributed by atoms with Crippen molar-refractivity contribution >= 4 is 17.5 Å². The highest BCUT2D eigenvalue weighted by Gasteiger charge is 2.04. The molecule has 1 heterocycles. The summed E-state index contributed by atoms with van der Waals surface area (Å²) < 4.78 is 4.82. The molecule has 1 amide bonds. The fourth-order valence-electron chi connectivity index (χ4n) is 0.861. The zero-order chi connectivity index (χ0) is 10.4. The Balaban J connectivity index is 2.52. The number of nitrogens with one attached hydrogen (secondary N) is 1. The number of hydrogen-bond donors (Lipinski definition) is 2. The van der Waals surface area contributed by atoms with Gasteiger partial charge in [0, 0.05) is 6.20 Å². The number of hydrogen-bond acceptors (Lipinski definition) is 4. The van der Waals surface area contributed by atoms with Gasteiger partial charge < -0.3 is 10.5 Å². The van der Waals surface area contributed by atoms with Crippen molar-refractivity contribution in [1.82, 2.24) is 4.98 Å². The summed E-state index contributed by atoms with van der Waals surface area (Å²) in [6, 6.07) is 1.61. The summed E-state index contributed by atoms with van der Waals surface area (Å²) in [6.45, 7) is 2.32. The predicted octanol–water partition coefficient (Wildman–Crippen LogP) is 1.62. The van der Waals surface area contributed by atoms with E-state index in [-0.39, 0.29) is 0 Å². The monoisotopic (exact) mass is 195 g/mol. The van der Waals surface area contributed by atoms with Crippen LogP contribution in [0.2, 0.25) is 0 Å². The van der Waals surface area contributed by atoms with Gasteiger partial charge in [0.1, 0.15) is 0 Å². The van der Waals surface area contributed by atoms with Crippen LogP contribution in [-0.2, 0) is 4.74 Å². The summed E-state index contributed by atoms with van der Waals surface area (Å²) in [5.74, 6) is 0. The molecule has 0 spiro atoms. The van der Waals surface area contributed by atoms with Crippen LogP contribution in [0.1, 0.15) is 13.3 Å². The first-order valence-electron chi connectivity index (χ1n) is 4.37. The first-order valence-corrected chi connectivity index (χ1v) is 4.37. The first-order chi connectivity index (χ1) is 6.74. The molecule has 76 valence electrons. The van der Waals surface area contributed by atoms with Crippen LogP contribution in [0.3, 0.4) is 0 Å². The molecule has 0 aromatic carbocycles. The van der Waals surface area contributed by atoms with Crippen molar-refractivity contribution in [3.8, 4) is 0 Å². The van der Waals surface area contributed by atoms with Gasteiger partial charge in [-0.15, -0.1) is 0 Å². The van der Waals surface area contributed by atoms with Gasteiger partial charge in [-0.25, -0.2) is 4.79 Å². The highest BCUT2D eigenvalue weighted by molar-refractivity contribution is 5.88. The van der Waals surface area contributed by atoms with E-state index < -0.39 is 6.09 Å². The van der Waals surface area contributed by atoms with E-state index in [1.165, 1.54) is 6.20 Å². The van der Waals surface area contributed by atoms with Crippen LogP contribution in [-0.4, -0.2) is 17.7 Å². The number of ether oxygens (including phenoxy) is 1. The number of nitrogens with two attached hydrogens (primary N) is 1. The van der Waals surface area contributed by atoms with Gasteiger partial charge in [0.15, 0.2) is 0 Å². The molecule has 3 N–H and O–H groups in total. The van der Waals surface area contributed by atoms with Crippen molar-refractivity contribution in [3.05, 3.63) is 18.5 Å². The molecule has 0 aliphatic heterocycles. The molecule has 1 aromatic rings. The van der Waals surface area contributed by atoms with Crippen LogP contribution >= 0.6 is 0 Å². The summed E-state index contributed by atoms with van der Waals surface area (Å²) in [5, 5.41) is 2.52. The molecule has 5 nitrogen and oxygen atoms in total. The standard InChI is InChI=1S/C9H13N3O2/c1-2-5-14-9(13)12-8-3-4-11-6-7(8)10/h3-4,6H,2,5,10H2,1H3,(H,11,12,13). The molecule has 0 saturated carbocycles. The third-order valence-electron chi connectivity index (χ3n) is 1.53. The van der Waals surface area contributed by atoms with Crippen molar-refractivity contribution in [2.24, 2.45) is 0 Å². The average molecular weight is 195 g/mol. The number of pyridine rings is 1. The Kier molecular flexibility index (Phi) is 3.72. The van der Waals surface area contributed by atoms with E-state index in [2.05, 4.69) is 10.3 Å². The van der Waals surface area contributed by atoms with Crippen LogP contribution in [0.15, 0.2) is 18.5 Å². The number of nitrogen functional groups attached to an aromatic ring is 1. The number of anilines is 2. The quantitative estimate of drug-likeness (QED) is 0.768. The van der Waals surface area contributed by atoms with Gasteiger partial charge in [-0.3, -0.25) is 10.3 Å². The topological polar surface area (TPSA) is 77.2 Å². The minimum Gasteiger partial charge on any atom is -0.449 e. The van der Waals surface area contributed by atoms with Gasteiger partial charge in [-0.1, -0.05) is 6.92 Å². The summed E-state index contributed by atoms with van der Waals surface area (Å²) in [6.07, 6.45) is 3.31. The van der Waals surface area contributed by atoms with Crippen molar-refractivity contribution in [3.63, 3.8) is 0 Å². The highest BCUT2D eigenvalue weighted by atomic mass is 16.5. The van der Waals surface area contributed by atoms with E-state index in [1.807, 2.05) is 6.92 Å². The fourth-order valence-corrected chi connectivity index (χ4v) is 0.861. The van der Waals surface area contributed by atoms with Crippen LogP contribution < -0.4 is 11.1 Å². The SMILES string of the molecule is CCCOC(=O)Nc1ccncc1N. The van der Waals surface area contributed by atoms with Gasteiger partial charge in [0.05, 0.1) is 24.2 Å². The van der Waals surface area contributed by atoms with Gasteiger partial charge >= 0.3 is 6.09 Å². The van der Waals surface area contributed by atoms with Crippen LogP contribution in [0.4, 0.5) is 16.2 Å². The normalized spacial score (nSPS) is 9.50. The third-order valence-corrected chi connectivity index (χ3v) is 1.53. The molecule has 0 fully saturated rings. The predicted molar refractivity (Wildman–Crippen MR) is 53.9 cm³/mol. The lowest BCUT2D eigenvalue weighted by atomic mass is 10.3. The van der Waals surface area contributed by atoms with E-state index in [0.717, 1.165) is 6.42 Å². The molecule has 1 rings (SSSR count). The number of carbonyl (C=O) groups excluding carboxylic acids is 1. The Bertz CT molecular complexity index is 315. The Labute approximate surface area is 82.3 Å². The van der Waals surface area contributed by atoms with Crippen molar-refractivity contribution in [2.75, 3.05) is 17.7 Å². The van der Waals surface area contributed by atoms with Crippen LogP contribution in [0.5, 0.6) is 0 Å². The number of amides is 1. The van der Waals surface area contributed by atoms with Crippen LogP contribution in [0.25, 0.3) is 0 Å². The maximum absolute atomic E-state index is 11.1. The minimum atomic E-state index is -0.496. The number of aromatic nitrogens is 1. The zero-order valence-electron chi connectivity index (χ0n) is 7.99. The molecule has 0 radical (unpaired) electrons. The van der Waals surface area contributed by atoms with Crippen LogP contribution in [0, 0.1) is 0 Å². The second-order valence-electron chi connectivity index (χ2n) is 2.72. The maximum Gasteiger partial charge on any atom is 0.411 e. The van der Waals surface area contributed by atoms with Gasteiger partial charge in [-0.05, 0) is 12.5 Å². The smallest absolute Gasteiger partial charge is 0.411 e. The van der Waals surface area contributed by atoms with Gasteiger partial charge in [0.25, 0.3) is 0 Å². The molecule has 1 aromatic heterocycles. The second-order valence-corrected chi connectivity index (χ2v) is 2.72. The largest absolute Gasteiger partial charge is 0.449 e. The molecular weight excluding hydrogens is 182 g/mol. The number of rotatable bonds is 3. The number of nitrogens with zero attached hydrogens (tertiary/aromatic N) is 1. The maximum atomic E-state index is 11.1. The van der Waals surface area contributed by atoms with Gasteiger partial charge in [0.2, 0.25) is 0 Å². The molecular formula is C9H13N3O2. The van der Waals surface area contributed by atoms with E-state index in [4.69, 9.17) is 10.5 Å². The summed E-state index contributed by atoms with van der Waals surface area (Å²) >= 11 is 0. The first kappa shape index (κ1) is 10.3. The van der Waals surface area contributed by atoms with Crippen molar-refractivity contribution in [2.45, 2.75) is 13.3 Å². The van der Waals surface area contributed by atoms with E-state index in [0.29, 0.717) is 18.0 Å². The van der Waals surface area contributed by atoms with E-state index in [1.54, 1.807) is 12.3 Å². The van der Waals surface area contributed by atoms with E-state index in [9.17, 15) is 4.79 Å². The lowest BCUT2D eigenvalue weighted by Crippen LogP contribution is -2.15. The average Bonchev–Trinajstić information content (AvgIpc) is 2.18. The molecule has 0 atom stereocenters. The Hall–Kier alpha value is -1.78. The number of carbonyl (C=O) groups is 1. The molecule has 0 unspecified atom stereocenters. The van der Waals surface area contributed by atoms with Crippen molar-refractivity contribution in [1.29, 1.82) is 0 Å². The Morgan fingerprint density at radius 1 is 1.71 bits per heavy atom. The molecule has 0 aliphatic rings. The van der Waals surface area contributed by atoms with Crippen molar-refractivity contribution < 1.29 is 9.53 Å². The Morgan fingerprint density at radius 2 is 2.50 bits per heavy atom. The molecule has 14 heavy (non-hydrogen) atoms. The fraction of sp³-hybridized carbons (Fsp3) is 0.333. The lowest BCUT2D eigenvalue weighted by Gasteiger charge is -2.07. The zero-order valence-corrected chi connectivity index (χ0v) is 7.99. The Morgan fingerprint density at radius 3 is 3.14 bits per heavy atom. The molecule has 0 aliphatic carbocycles. The highest BCUT2D eigenvalue weighted by Crippen LogP contribution is 2.14. The summed E-state index contributed by atoms with van der Waals surface area (Å²) in [5.41, 5.74) is 6.50. The molecule has 0 saturated heterocycles.